The Labute approximate surface area is 140 Å². The minimum absolute atomic E-state index is 0.211. The van der Waals surface area contributed by atoms with E-state index < -0.39 is 16.0 Å². The Morgan fingerprint density at radius 3 is 2.61 bits per heavy atom. The summed E-state index contributed by atoms with van der Waals surface area (Å²) in [6.07, 6.45) is 0. The second kappa shape index (κ2) is 7.48. The van der Waals surface area contributed by atoms with Gasteiger partial charge in [0.25, 0.3) is 0 Å². The lowest BCUT2D eigenvalue weighted by Crippen LogP contribution is -2.15. The molecule has 5 nitrogen and oxygen atoms in total. The molecule has 0 fully saturated rings. The Balaban J connectivity index is 2.14. The van der Waals surface area contributed by atoms with Crippen molar-refractivity contribution in [3.63, 3.8) is 0 Å². The number of hydrogen-bond donors (Lipinski definition) is 1. The fourth-order valence-electron chi connectivity index (χ4n) is 1.99. The maximum Gasteiger partial charge on any atom is 0.338 e. The first-order valence-corrected chi connectivity index (χ1v) is 8.95. The average molecular weight is 354 g/mol. The molecule has 2 aromatic carbocycles. The van der Waals surface area contributed by atoms with Gasteiger partial charge < -0.3 is 4.74 Å². The summed E-state index contributed by atoms with van der Waals surface area (Å²) in [5.41, 5.74) is 1.17. The Hall–Kier alpha value is -2.05. The van der Waals surface area contributed by atoms with Crippen LogP contribution in [0.1, 0.15) is 22.8 Å². The molecule has 122 valence electrons. The summed E-state index contributed by atoms with van der Waals surface area (Å²) in [6.45, 7) is 1.96. The summed E-state index contributed by atoms with van der Waals surface area (Å²) in [5, 5.41) is 0.474. The Kier molecular flexibility index (Phi) is 5.63. The molecule has 0 aliphatic heterocycles. The SMILES string of the molecule is CCOC(=O)c1cccc(NS(=O)(=O)Cc2cccc(Cl)c2)c1. The number of carbonyl (C=O) groups excluding carboxylic acids is 1. The lowest BCUT2D eigenvalue weighted by atomic mass is 10.2. The first-order chi connectivity index (χ1) is 10.9. The zero-order valence-electron chi connectivity index (χ0n) is 12.5. The van der Waals surface area contributed by atoms with Crippen LogP contribution in [0.5, 0.6) is 0 Å². The van der Waals surface area contributed by atoms with Gasteiger partial charge in [-0.1, -0.05) is 29.8 Å². The van der Waals surface area contributed by atoms with E-state index in [1.807, 2.05) is 0 Å². The largest absolute Gasteiger partial charge is 0.462 e. The van der Waals surface area contributed by atoms with E-state index in [9.17, 15) is 13.2 Å². The smallest absolute Gasteiger partial charge is 0.338 e. The molecule has 0 spiro atoms. The molecule has 0 bridgehead atoms. The van der Waals surface area contributed by atoms with Gasteiger partial charge in [0, 0.05) is 10.7 Å². The second-order valence-electron chi connectivity index (χ2n) is 4.79. The highest BCUT2D eigenvalue weighted by molar-refractivity contribution is 7.91. The monoisotopic (exact) mass is 353 g/mol. The van der Waals surface area contributed by atoms with Crippen LogP contribution in [0.4, 0.5) is 5.69 Å². The molecule has 0 heterocycles. The van der Waals surface area contributed by atoms with Crippen molar-refractivity contribution >= 4 is 33.3 Å². The minimum Gasteiger partial charge on any atom is -0.462 e. The van der Waals surface area contributed by atoms with Gasteiger partial charge in [-0.25, -0.2) is 13.2 Å². The Bertz CT molecular complexity index is 805. The quantitative estimate of drug-likeness (QED) is 0.807. The van der Waals surface area contributed by atoms with Gasteiger partial charge >= 0.3 is 5.97 Å². The first-order valence-electron chi connectivity index (χ1n) is 6.92. The van der Waals surface area contributed by atoms with Gasteiger partial charge in [0.15, 0.2) is 0 Å². The summed E-state index contributed by atoms with van der Waals surface area (Å²) in [7, 11) is -3.62. The van der Waals surface area contributed by atoms with E-state index in [-0.39, 0.29) is 17.9 Å². The van der Waals surface area contributed by atoms with Gasteiger partial charge in [-0.2, -0.15) is 0 Å². The number of ether oxygens (including phenoxy) is 1. The van der Waals surface area contributed by atoms with Crippen LogP contribution in [0.25, 0.3) is 0 Å². The van der Waals surface area contributed by atoms with Crippen molar-refractivity contribution in [1.82, 2.24) is 0 Å². The third kappa shape index (κ3) is 5.26. The molecule has 0 unspecified atom stereocenters. The van der Waals surface area contributed by atoms with Crippen LogP contribution < -0.4 is 4.72 Å². The van der Waals surface area contributed by atoms with Crippen LogP contribution >= 0.6 is 11.6 Å². The summed E-state index contributed by atoms with van der Waals surface area (Å²) in [4.78, 5) is 11.7. The molecule has 0 aromatic heterocycles. The van der Waals surface area contributed by atoms with E-state index in [0.717, 1.165) is 0 Å². The van der Waals surface area contributed by atoms with Crippen molar-refractivity contribution < 1.29 is 17.9 Å². The van der Waals surface area contributed by atoms with Gasteiger partial charge in [0.05, 0.1) is 17.9 Å². The number of sulfonamides is 1. The van der Waals surface area contributed by atoms with Crippen molar-refractivity contribution in [3.8, 4) is 0 Å². The molecule has 0 amide bonds. The lowest BCUT2D eigenvalue weighted by Gasteiger charge is -2.09. The maximum absolute atomic E-state index is 12.2. The van der Waals surface area contributed by atoms with Crippen molar-refractivity contribution in [2.75, 3.05) is 11.3 Å². The van der Waals surface area contributed by atoms with Crippen LogP contribution in [0.3, 0.4) is 0 Å². The molecule has 2 rings (SSSR count). The molecule has 0 aliphatic carbocycles. The van der Waals surface area contributed by atoms with Gasteiger partial charge in [-0.05, 0) is 42.8 Å². The lowest BCUT2D eigenvalue weighted by molar-refractivity contribution is 0.0526. The van der Waals surface area contributed by atoms with Crippen LogP contribution in [0.15, 0.2) is 48.5 Å². The van der Waals surface area contributed by atoms with Crippen molar-refractivity contribution in [2.24, 2.45) is 0 Å². The number of anilines is 1. The molecule has 2 aromatic rings. The Morgan fingerprint density at radius 2 is 1.91 bits per heavy atom. The van der Waals surface area contributed by atoms with Gasteiger partial charge in [0.1, 0.15) is 0 Å². The standard InChI is InChI=1S/C16H16ClNO4S/c1-2-22-16(19)13-6-4-8-15(10-13)18-23(20,21)11-12-5-3-7-14(17)9-12/h3-10,18H,2,11H2,1H3. The van der Waals surface area contributed by atoms with Gasteiger partial charge in [0.2, 0.25) is 10.0 Å². The number of rotatable bonds is 6. The van der Waals surface area contributed by atoms with E-state index >= 15 is 0 Å². The van der Waals surface area contributed by atoms with Crippen LogP contribution in [-0.4, -0.2) is 21.0 Å². The zero-order valence-corrected chi connectivity index (χ0v) is 14.0. The molecule has 0 radical (unpaired) electrons. The number of hydrogen-bond acceptors (Lipinski definition) is 4. The van der Waals surface area contributed by atoms with Crippen molar-refractivity contribution in [1.29, 1.82) is 0 Å². The summed E-state index contributed by atoms with van der Waals surface area (Å²) in [5.74, 6) is -0.708. The molecule has 7 heteroatoms. The normalized spacial score (nSPS) is 11.0. The topological polar surface area (TPSA) is 72.5 Å². The highest BCUT2D eigenvalue weighted by Crippen LogP contribution is 2.17. The molecule has 0 saturated carbocycles. The van der Waals surface area contributed by atoms with E-state index in [4.69, 9.17) is 16.3 Å². The molecule has 0 atom stereocenters. The zero-order chi connectivity index (χ0) is 16.9. The molecular weight excluding hydrogens is 338 g/mol. The summed E-state index contributed by atoms with van der Waals surface area (Å²) in [6, 6.07) is 12.8. The van der Waals surface area contributed by atoms with E-state index in [1.165, 1.54) is 6.07 Å². The molecule has 0 saturated heterocycles. The van der Waals surface area contributed by atoms with E-state index in [1.54, 1.807) is 49.4 Å². The van der Waals surface area contributed by atoms with Crippen molar-refractivity contribution in [3.05, 3.63) is 64.7 Å². The van der Waals surface area contributed by atoms with Gasteiger partial charge in [-0.15, -0.1) is 0 Å². The number of esters is 1. The molecule has 1 N–H and O–H groups in total. The van der Waals surface area contributed by atoms with Crippen molar-refractivity contribution in [2.45, 2.75) is 12.7 Å². The first kappa shape index (κ1) is 17.3. The Morgan fingerprint density at radius 1 is 1.17 bits per heavy atom. The van der Waals surface area contributed by atoms with Crippen LogP contribution in [0, 0.1) is 0 Å². The minimum atomic E-state index is -3.62. The predicted octanol–water partition coefficient (Wildman–Crippen LogP) is 3.46. The fourth-order valence-corrected chi connectivity index (χ4v) is 3.38. The van der Waals surface area contributed by atoms with Crippen LogP contribution in [-0.2, 0) is 20.5 Å². The van der Waals surface area contributed by atoms with E-state index in [0.29, 0.717) is 16.3 Å². The number of benzene rings is 2. The number of halogens is 1. The fraction of sp³-hybridized carbons (Fsp3) is 0.188. The molecule has 0 aliphatic rings. The highest BCUT2D eigenvalue weighted by Gasteiger charge is 2.14. The van der Waals surface area contributed by atoms with E-state index in [2.05, 4.69) is 4.72 Å². The summed E-state index contributed by atoms with van der Waals surface area (Å²) < 4.78 is 31.8. The molecule has 23 heavy (non-hydrogen) atoms. The molecular formula is C16H16ClNO4S. The number of carbonyl (C=O) groups is 1. The second-order valence-corrected chi connectivity index (χ2v) is 6.95. The average Bonchev–Trinajstić information content (AvgIpc) is 2.46. The predicted molar refractivity (Wildman–Crippen MR) is 90.1 cm³/mol. The summed E-state index contributed by atoms with van der Waals surface area (Å²) >= 11 is 5.85. The van der Waals surface area contributed by atoms with Crippen LogP contribution in [0.2, 0.25) is 5.02 Å². The third-order valence-corrected chi connectivity index (χ3v) is 4.39. The highest BCUT2D eigenvalue weighted by atomic mass is 35.5. The maximum atomic E-state index is 12.2. The third-order valence-electron chi connectivity index (χ3n) is 2.89. The number of nitrogens with one attached hydrogen (secondary N) is 1. The van der Waals surface area contributed by atoms with Gasteiger partial charge in [-0.3, -0.25) is 4.72 Å².